The first-order chi connectivity index (χ1) is 43.5. The lowest BCUT2D eigenvalue weighted by Gasteiger charge is -2.43. The molecule has 2 atom stereocenters. The molecular formula is C64H94N12O11Si4. The Hall–Kier alpha value is -7.67. The number of hydrogen-bond acceptors (Lipinski definition) is 23. The van der Waals surface area contributed by atoms with Gasteiger partial charge >= 0.3 is 41.0 Å². The van der Waals surface area contributed by atoms with Crippen LogP contribution in [-0.2, 0) is 31.3 Å². The van der Waals surface area contributed by atoms with Crippen molar-refractivity contribution in [3.63, 3.8) is 0 Å². The number of aromatic nitrogens is 6. The maximum absolute atomic E-state index is 13.3. The number of carbonyl (C=O) groups excluding carboxylic acids is 4. The zero-order valence-electron chi connectivity index (χ0n) is 55.1. The first-order valence-electron chi connectivity index (χ1n) is 31.7. The molecule has 6 rings (SSSR count). The van der Waals surface area contributed by atoms with Crippen LogP contribution in [0.15, 0.2) is 97.3 Å². The van der Waals surface area contributed by atoms with Crippen LogP contribution in [-0.4, -0.2) is 127 Å². The highest BCUT2D eigenvalue weighted by Gasteiger charge is 2.46. The van der Waals surface area contributed by atoms with E-state index in [2.05, 4.69) is 104 Å². The van der Waals surface area contributed by atoms with E-state index in [9.17, 15) is 19.2 Å². The summed E-state index contributed by atoms with van der Waals surface area (Å²) in [4.78, 5) is 78.9. The van der Waals surface area contributed by atoms with Crippen LogP contribution in [0.25, 0.3) is 0 Å². The number of ether oxygens (including phenoxy) is 4. The van der Waals surface area contributed by atoms with Gasteiger partial charge in [0.25, 0.3) is 0 Å². The Morgan fingerprint density at radius 2 is 0.736 bits per heavy atom. The van der Waals surface area contributed by atoms with Crippen LogP contribution in [0.3, 0.4) is 0 Å². The van der Waals surface area contributed by atoms with E-state index in [0.717, 1.165) is 51.4 Å². The molecule has 0 bridgehead atoms. The molecule has 2 aromatic heterocycles. The summed E-state index contributed by atoms with van der Waals surface area (Å²) in [7, 11) is -10.1. The molecule has 0 spiro atoms. The molecule has 0 amide bonds. The van der Waals surface area contributed by atoms with Crippen molar-refractivity contribution in [3.05, 3.63) is 120 Å². The van der Waals surface area contributed by atoms with Gasteiger partial charge in [-0.2, -0.15) is 19.9 Å². The van der Waals surface area contributed by atoms with Gasteiger partial charge in [-0.3, -0.25) is 0 Å². The van der Waals surface area contributed by atoms with Crippen molar-refractivity contribution in [1.82, 2.24) is 29.9 Å². The van der Waals surface area contributed by atoms with E-state index < -0.39 is 45.7 Å². The molecule has 0 aliphatic carbocycles. The van der Waals surface area contributed by atoms with Gasteiger partial charge in [0.15, 0.2) is 16.6 Å². The zero-order chi connectivity index (χ0) is 65.9. The maximum Gasteiger partial charge on any atom is 0.340 e. The number of anilines is 10. The van der Waals surface area contributed by atoms with Crippen LogP contribution in [0.4, 0.5) is 58.2 Å². The molecule has 0 aliphatic heterocycles. The average Bonchev–Trinajstić information content (AvgIpc) is 1.85. The Labute approximate surface area is 540 Å². The fraction of sp³-hybridized carbons (Fsp3) is 0.469. The van der Waals surface area contributed by atoms with Crippen molar-refractivity contribution in [2.24, 2.45) is 0 Å². The molecule has 0 saturated carbocycles. The van der Waals surface area contributed by atoms with Crippen molar-refractivity contribution >= 4 is 116 Å². The second-order valence-corrected chi connectivity index (χ2v) is 40.7. The van der Waals surface area contributed by atoms with Gasteiger partial charge in [-0.15, -0.1) is 0 Å². The van der Waals surface area contributed by atoms with Crippen molar-refractivity contribution in [2.45, 2.75) is 156 Å². The zero-order valence-corrected chi connectivity index (χ0v) is 59.1. The Kier molecular flexibility index (Phi) is 28.5. The van der Waals surface area contributed by atoms with Gasteiger partial charge in [-0.05, 0) is 194 Å². The molecule has 27 heteroatoms. The quantitative estimate of drug-likeness (QED) is 0.00902. The highest BCUT2D eigenvalue weighted by molar-refractivity contribution is 6.89. The van der Waals surface area contributed by atoms with Gasteiger partial charge in [-0.25, -0.2) is 29.1 Å². The van der Waals surface area contributed by atoms with E-state index in [1.165, 1.54) is 6.33 Å². The fourth-order valence-electron chi connectivity index (χ4n) is 9.31. The van der Waals surface area contributed by atoms with E-state index in [0.29, 0.717) is 127 Å². The third-order valence-electron chi connectivity index (χ3n) is 13.4. The molecule has 2 unspecified atom stereocenters. The lowest BCUT2D eigenvalue weighted by Crippen LogP contribution is -2.58. The standard InChI is InChI=1S/C64H94N12O11Si4/c1-13-17-39-81-56(77)47-23-29-50(30-24-47)69-55-45-53(35-36-54(55)59(80)84-42-20-16-4)72-62-68-46-67-60(73-62)65-37-21-43-90(11,85-88(5,6)7)87-91(12,86-89(8,9)10)44-22-38-66-61-74-63(70-51-31-25-48(26-32-51)57(78)82-40-18-14-2)76-64(75-61)71-52-33-27-49(28-34-52)58(79)83-41-19-15-3/h23-36,45-46,69H,13-22,37-44H2,1-12H3,(H2,65,67,68,72,73)(H3,66,70,71,74,75,76). The van der Waals surface area contributed by atoms with Crippen LogP contribution in [0.2, 0.25) is 64.5 Å². The van der Waals surface area contributed by atoms with Crippen molar-refractivity contribution < 1.29 is 50.5 Å². The maximum atomic E-state index is 13.3. The second kappa shape index (κ2) is 35.8. The molecule has 0 fully saturated rings. The SMILES string of the molecule is CCCCOC(=O)c1ccc(Nc2nc(NCCC[Si](C)(O[Si](C)(C)C)O[Si](C)(CCCNc3ncnc(Nc4ccc(C(=O)OCCCC)c(Nc5ccc(C(=O)OCCCC)cc5)c4)n3)O[Si](C)(C)C)nc(Nc3ccc(C(=O)OCCCC)cc3)n2)cc1. The number of rotatable bonds is 40. The summed E-state index contributed by atoms with van der Waals surface area (Å²) in [6.45, 7) is 27.9. The number of nitrogens with zero attached hydrogens (tertiary/aromatic N) is 6. The number of hydrogen-bond donors (Lipinski definition) is 6. The minimum Gasteiger partial charge on any atom is -0.462 e. The summed E-state index contributed by atoms with van der Waals surface area (Å²) in [5, 5.41) is 19.9. The van der Waals surface area contributed by atoms with E-state index in [1.54, 1.807) is 91.0 Å². The first kappa shape index (κ1) is 72.4. The van der Waals surface area contributed by atoms with Crippen LogP contribution in [0.1, 0.15) is 133 Å². The Bertz CT molecular complexity index is 3190. The van der Waals surface area contributed by atoms with Crippen molar-refractivity contribution in [1.29, 1.82) is 0 Å². The molecule has 2 heterocycles. The summed E-state index contributed by atoms with van der Waals surface area (Å²) in [6, 6.07) is 27.3. The van der Waals surface area contributed by atoms with Gasteiger partial charge in [0.05, 0.1) is 54.4 Å². The first-order valence-corrected chi connectivity index (χ1v) is 43.6. The smallest absolute Gasteiger partial charge is 0.340 e. The normalized spacial score (nSPS) is 12.8. The van der Waals surface area contributed by atoms with Crippen LogP contribution < -0.4 is 31.9 Å². The number of benzene rings is 4. The third kappa shape index (κ3) is 25.9. The van der Waals surface area contributed by atoms with E-state index in [-0.39, 0.29) is 29.8 Å². The minimum atomic E-state index is -2.92. The molecule has 6 N–H and O–H groups in total. The number of esters is 4. The van der Waals surface area contributed by atoms with Crippen molar-refractivity contribution in [3.8, 4) is 0 Å². The Morgan fingerprint density at radius 3 is 1.15 bits per heavy atom. The van der Waals surface area contributed by atoms with Crippen LogP contribution >= 0.6 is 0 Å². The van der Waals surface area contributed by atoms with Gasteiger partial charge in [0, 0.05) is 35.8 Å². The summed E-state index contributed by atoms with van der Waals surface area (Å²) in [6.07, 6.45) is 9.57. The predicted octanol–water partition coefficient (Wildman–Crippen LogP) is 15.0. The summed E-state index contributed by atoms with van der Waals surface area (Å²) >= 11 is 0. The fourth-order valence-corrected chi connectivity index (χ4v) is 27.7. The molecule has 0 aliphatic rings. The largest absolute Gasteiger partial charge is 0.462 e. The lowest BCUT2D eigenvalue weighted by atomic mass is 10.1. The van der Waals surface area contributed by atoms with E-state index in [4.69, 9.17) is 41.3 Å². The molecule has 492 valence electrons. The predicted molar refractivity (Wildman–Crippen MR) is 368 cm³/mol. The second-order valence-electron chi connectivity index (χ2n) is 24.2. The highest BCUT2D eigenvalue weighted by atomic mass is 28.5. The molecule has 91 heavy (non-hydrogen) atoms. The number of carbonyl (C=O) groups is 4. The van der Waals surface area contributed by atoms with Gasteiger partial charge in [0.2, 0.25) is 29.7 Å². The molecule has 0 saturated heterocycles. The Balaban J connectivity index is 1.12. The van der Waals surface area contributed by atoms with Gasteiger partial charge in [-0.1, -0.05) is 53.4 Å². The van der Waals surface area contributed by atoms with Crippen molar-refractivity contribution in [2.75, 3.05) is 71.4 Å². The number of nitrogens with one attached hydrogen (secondary N) is 6. The van der Waals surface area contributed by atoms with Crippen LogP contribution in [0, 0.1) is 0 Å². The molecule has 4 aromatic carbocycles. The molecule has 23 nitrogen and oxygen atoms in total. The molecule has 6 aromatic rings. The summed E-state index contributed by atoms with van der Waals surface area (Å²) in [5.74, 6) is -0.142. The van der Waals surface area contributed by atoms with E-state index >= 15 is 0 Å². The average molecular weight is 1320 g/mol. The van der Waals surface area contributed by atoms with Gasteiger partial charge in [0.1, 0.15) is 6.33 Å². The lowest BCUT2D eigenvalue weighted by molar-refractivity contribution is 0.0490. The van der Waals surface area contributed by atoms with E-state index in [1.807, 2.05) is 27.7 Å². The molecule has 0 radical (unpaired) electrons. The highest BCUT2D eigenvalue weighted by Crippen LogP contribution is 2.32. The number of unbranched alkanes of at least 4 members (excludes halogenated alkanes) is 4. The topological polar surface area (TPSA) is 282 Å². The summed E-state index contributed by atoms with van der Waals surface area (Å²) < 4.78 is 43.3. The minimum absolute atomic E-state index is 0.253. The summed E-state index contributed by atoms with van der Waals surface area (Å²) in [5.41, 5.74) is 4.67. The molecular weight excluding hydrogens is 1230 g/mol. The monoisotopic (exact) mass is 1320 g/mol. The Morgan fingerprint density at radius 1 is 0.385 bits per heavy atom. The van der Waals surface area contributed by atoms with Gasteiger partial charge < -0.3 is 63.2 Å². The third-order valence-corrected chi connectivity index (χ3v) is 27.8. The van der Waals surface area contributed by atoms with Crippen LogP contribution in [0.5, 0.6) is 0 Å².